The van der Waals surface area contributed by atoms with E-state index < -0.39 is 24.3 Å². The lowest BCUT2D eigenvalue weighted by Gasteiger charge is -2.05. The molecule has 0 saturated heterocycles. The van der Waals surface area contributed by atoms with Crippen molar-refractivity contribution in [3.8, 4) is 5.75 Å². The van der Waals surface area contributed by atoms with E-state index in [1.165, 1.54) is 30.3 Å². The molecule has 3 aromatic rings. The van der Waals surface area contributed by atoms with Crippen LogP contribution in [-0.2, 0) is 14.3 Å². The van der Waals surface area contributed by atoms with E-state index in [1.807, 2.05) is 36.4 Å². The Morgan fingerprint density at radius 2 is 1.71 bits per heavy atom. The van der Waals surface area contributed by atoms with Gasteiger partial charge in [0.25, 0.3) is 5.91 Å². The lowest BCUT2D eigenvalue weighted by molar-refractivity contribution is -0.142. The summed E-state index contributed by atoms with van der Waals surface area (Å²) in [4.78, 5) is 23.6. The Morgan fingerprint density at radius 3 is 2.46 bits per heavy atom. The molecule has 6 heteroatoms. The van der Waals surface area contributed by atoms with Crippen molar-refractivity contribution in [3.05, 3.63) is 78.1 Å². The number of halogens is 1. The lowest BCUT2D eigenvalue weighted by atomic mass is 10.1. The van der Waals surface area contributed by atoms with Crippen molar-refractivity contribution in [1.29, 1.82) is 0 Å². The van der Waals surface area contributed by atoms with E-state index in [9.17, 15) is 14.0 Å². The number of benzene rings is 3. The first-order valence-electron chi connectivity index (χ1n) is 8.51. The minimum atomic E-state index is -0.635. The van der Waals surface area contributed by atoms with E-state index in [2.05, 4.69) is 5.32 Å². The molecule has 0 bridgehead atoms. The van der Waals surface area contributed by atoms with Gasteiger partial charge in [-0.2, -0.15) is 0 Å². The van der Waals surface area contributed by atoms with E-state index in [4.69, 9.17) is 9.47 Å². The van der Waals surface area contributed by atoms with E-state index in [0.717, 1.165) is 22.1 Å². The normalized spacial score (nSPS) is 10.8. The maximum Gasteiger partial charge on any atom is 0.331 e. The summed E-state index contributed by atoms with van der Waals surface area (Å²) in [6.07, 6.45) is 2.87. The van der Waals surface area contributed by atoms with Gasteiger partial charge in [0.2, 0.25) is 0 Å². The van der Waals surface area contributed by atoms with Crippen molar-refractivity contribution in [1.82, 2.24) is 0 Å². The summed E-state index contributed by atoms with van der Waals surface area (Å²) in [5.74, 6) is -0.766. The molecule has 3 rings (SSSR count). The maximum absolute atomic E-state index is 12.8. The van der Waals surface area contributed by atoms with E-state index in [1.54, 1.807) is 13.2 Å². The fourth-order valence-electron chi connectivity index (χ4n) is 2.55. The summed E-state index contributed by atoms with van der Waals surface area (Å²) >= 11 is 0. The minimum Gasteiger partial charge on any atom is -0.497 e. The predicted molar refractivity (Wildman–Crippen MR) is 106 cm³/mol. The average Bonchev–Trinajstić information content (AvgIpc) is 2.71. The third-order valence-corrected chi connectivity index (χ3v) is 3.96. The maximum atomic E-state index is 12.8. The summed E-state index contributed by atoms with van der Waals surface area (Å²) in [5.41, 5.74) is 1.25. The van der Waals surface area contributed by atoms with Crippen molar-refractivity contribution in [2.24, 2.45) is 0 Å². The molecule has 5 nitrogen and oxygen atoms in total. The van der Waals surface area contributed by atoms with Gasteiger partial charge in [-0.25, -0.2) is 9.18 Å². The third-order valence-electron chi connectivity index (χ3n) is 3.96. The molecule has 0 unspecified atom stereocenters. The number of esters is 1. The monoisotopic (exact) mass is 379 g/mol. The van der Waals surface area contributed by atoms with Crippen LogP contribution in [0.4, 0.5) is 10.1 Å². The van der Waals surface area contributed by atoms with Crippen molar-refractivity contribution < 1.29 is 23.5 Å². The number of amides is 1. The number of fused-ring (bicyclic) bond motifs is 1. The molecule has 0 fully saturated rings. The molecule has 0 heterocycles. The van der Waals surface area contributed by atoms with Crippen LogP contribution in [0.25, 0.3) is 16.8 Å². The highest BCUT2D eigenvalue weighted by atomic mass is 19.1. The van der Waals surface area contributed by atoms with Crippen LogP contribution in [0.3, 0.4) is 0 Å². The topological polar surface area (TPSA) is 64.6 Å². The molecule has 142 valence electrons. The first kappa shape index (κ1) is 19.1. The van der Waals surface area contributed by atoms with Gasteiger partial charge in [-0.05, 0) is 64.9 Å². The molecule has 0 saturated carbocycles. The number of methoxy groups -OCH3 is 1. The Balaban J connectivity index is 1.53. The quantitative estimate of drug-likeness (QED) is 0.515. The fourth-order valence-corrected chi connectivity index (χ4v) is 2.55. The molecular weight excluding hydrogens is 361 g/mol. The smallest absolute Gasteiger partial charge is 0.331 e. The summed E-state index contributed by atoms with van der Waals surface area (Å²) in [5, 5.41) is 4.54. The summed E-state index contributed by atoms with van der Waals surface area (Å²) < 4.78 is 22.9. The molecule has 0 aliphatic heterocycles. The lowest BCUT2D eigenvalue weighted by Crippen LogP contribution is -2.20. The zero-order chi connectivity index (χ0) is 19.9. The van der Waals surface area contributed by atoms with Gasteiger partial charge in [0.1, 0.15) is 11.6 Å². The number of carbonyl (C=O) groups excluding carboxylic acids is 2. The SMILES string of the molecule is COc1ccc2cc(/C=C/C(=O)OCC(=O)Nc3ccc(F)cc3)ccc2c1. The van der Waals surface area contributed by atoms with Crippen LogP contribution in [0.2, 0.25) is 0 Å². The Bertz CT molecular complexity index is 1030. The van der Waals surface area contributed by atoms with Crippen molar-refractivity contribution in [2.45, 2.75) is 0 Å². The van der Waals surface area contributed by atoms with Crippen LogP contribution in [0.1, 0.15) is 5.56 Å². The number of nitrogens with one attached hydrogen (secondary N) is 1. The highest BCUT2D eigenvalue weighted by Crippen LogP contribution is 2.22. The molecule has 0 aliphatic carbocycles. The van der Waals surface area contributed by atoms with E-state index in [0.29, 0.717) is 5.69 Å². The zero-order valence-corrected chi connectivity index (χ0v) is 15.1. The first-order valence-corrected chi connectivity index (χ1v) is 8.51. The van der Waals surface area contributed by atoms with Crippen LogP contribution < -0.4 is 10.1 Å². The van der Waals surface area contributed by atoms with Crippen LogP contribution in [-0.4, -0.2) is 25.6 Å². The van der Waals surface area contributed by atoms with Gasteiger partial charge in [0, 0.05) is 11.8 Å². The van der Waals surface area contributed by atoms with Crippen LogP contribution in [0, 0.1) is 5.82 Å². The molecule has 1 amide bonds. The highest BCUT2D eigenvalue weighted by Gasteiger charge is 2.06. The second-order valence-corrected chi connectivity index (χ2v) is 5.97. The van der Waals surface area contributed by atoms with Crippen LogP contribution in [0.15, 0.2) is 66.7 Å². The molecule has 3 aromatic carbocycles. The molecule has 1 N–H and O–H groups in total. The standard InChI is InChI=1S/C22H18FNO4/c1-27-20-10-5-16-12-15(2-4-17(16)13-20)3-11-22(26)28-14-21(25)24-19-8-6-18(23)7-9-19/h2-13H,14H2,1H3,(H,24,25)/b11-3+. The molecule has 28 heavy (non-hydrogen) atoms. The minimum absolute atomic E-state index is 0.401. The second kappa shape index (κ2) is 8.81. The molecule has 0 aliphatic rings. The van der Waals surface area contributed by atoms with Crippen LogP contribution >= 0.6 is 0 Å². The number of carbonyl (C=O) groups is 2. The van der Waals surface area contributed by atoms with Gasteiger partial charge in [-0.3, -0.25) is 4.79 Å². The molecule has 0 radical (unpaired) electrons. The number of ether oxygens (including phenoxy) is 2. The molecule has 0 atom stereocenters. The van der Waals surface area contributed by atoms with Crippen molar-refractivity contribution >= 4 is 34.4 Å². The van der Waals surface area contributed by atoms with Gasteiger partial charge in [-0.15, -0.1) is 0 Å². The van der Waals surface area contributed by atoms with Gasteiger partial charge in [-0.1, -0.05) is 18.2 Å². The largest absolute Gasteiger partial charge is 0.497 e. The summed E-state index contributed by atoms with van der Waals surface area (Å²) in [6.45, 7) is -0.432. The number of anilines is 1. The molecule has 0 aromatic heterocycles. The summed E-state index contributed by atoms with van der Waals surface area (Å²) in [7, 11) is 1.61. The van der Waals surface area contributed by atoms with E-state index in [-0.39, 0.29) is 0 Å². The number of rotatable bonds is 6. The average molecular weight is 379 g/mol. The molecule has 0 spiro atoms. The highest BCUT2D eigenvalue weighted by molar-refractivity contribution is 5.95. The fraction of sp³-hybridized carbons (Fsp3) is 0.0909. The zero-order valence-electron chi connectivity index (χ0n) is 15.1. The number of hydrogen-bond acceptors (Lipinski definition) is 4. The van der Waals surface area contributed by atoms with Gasteiger partial charge >= 0.3 is 5.97 Å². The van der Waals surface area contributed by atoms with Gasteiger partial charge in [0.15, 0.2) is 6.61 Å². The first-order chi connectivity index (χ1) is 13.5. The third kappa shape index (κ3) is 5.17. The van der Waals surface area contributed by atoms with E-state index >= 15 is 0 Å². The predicted octanol–water partition coefficient (Wildman–Crippen LogP) is 4.18. The van der Waals surface area contributed by atoms with Crippen molar-refractivity contribution in [3.63, 3.8) is 0 Å². The van der Waals surface area contributed by atoms with Gasteiger partial charge < -0.3 is 14.8 Å². The Morgan fingerprint density at radius 1 is 1.00 bits per heavy atom. The van der Waals surface area contributed by atoms with Crippen molar-refractivity contribution in [2.75, 3.05) is 19.0 Å². The second-order valence-electron chi connectivity index (χ2n) is 5.97. The Hall–Kier alpha value is -3.67. The molecular formula is C22H18FNO4. The Kier molecular flexibility index (Phi) is 6.01. The number of hydrogen-bond donors (Lipinski definition) is 1. The van der Waals surface area contributed by atoms with Gasteiger partial charge in [0.05, 0.1) is 7.11 Å². The van der Waals surface area contributed by atoms with Crippen LogP contribution in [0.5, 0.6) is 5.75 Å². The Labute approximate surface area is 161 Å². The summed E-state index contributed by atoms with van der Waals surface area (Å²) in [6, 6.07) is 16.7.